The molecule has 0 aliphatic rings. The first-order valence-electron chi connectivity index (χ1n) is 5.00. The van der Waals surface area contributed by atoms with E-state index >= 15 is 0 Å². The maximum atomic E-state index is 9.66. The van der Waals surface area contributed by atoms with Gasteiger partial charge >= 0.3 is 0 Å². The van der Waals surface area contributed by atoms with Crippen molar-refractivity contribution in [2.45, 2.75) is 20.0 Å². The molecule has 3 heteroatoms. The number of hydrogen-bond donors (Lipinski definition) is 2. The van der Waals surface area contributed by atoms with E-state index in [-0.39, 0.29) is 11.9 Å². The Balaban J connectivity index is 3.02. The Morgan fingerprint density at radius 2 is 2.20 bits per heavy atom. The molecule has 0 radical (unpaired) electrons. The summed E-state index contributed by atoms with van der Waals surface area (Å²) < 4.78 is 5.57. The summed E-state index contributed by atoms with van der Waals surface area (Å²) in [7, 11) is 0. The molecule has 82 valence electrons. The summed E-state index contributed by atoms with van der Waals surface area (Å²) in [5, 5.41) is 9.66. The number of phenols is 1. The van der Waals surface area contributed by atoms with E-state index in [0.29, 0.717) is 17.9 Å². The molecular formula is C12H17NO2. The van der Waals surface area contributed by atoms with Gasteiger partial charge < -0.3 is 15.6 Å². The van der Waals surface area contributed by atoms with Crippen LogP contribution in [-0.2, 0) is 0 Å². The predicted molar refractivity (Wildman–Crippen MR) is 62.0 cm³/mol. The van der Waals surface area contributed by atoms with Gasteiger partial charge in [-0.25, -0.2) is 0 Å². The van der Waals surface area contributed by atoms with Gasteiger partial charge in [-0.3, -0.25) is 0 Å². The SMILES string of the molecule is CC(C)Oc1cccc(O)c1/C=C/CN. The van der Waals surface area contributed by atoms with Crippen LogP contribution in [0.4, 0.5) is 0 Å². The molecule has 0 aromatic heterocycles. The second kappa shape index (κ2) is 5.41. The van der Waals surface area contributed by atoms with E-state index in [1.54, 1.807) is 24.3 Å². The maximum absolute atomic E-state index is 9.66. The lowest BCUT2D eigenvalue weighted by Crippen LogP contribution is -2.06. The molecule has 1 rings (SSSR count). The Labute approximate surface area is 90.2 Å². The molecule has 0 aliphatic heterocycles. The minimum absolute atomic E-state index is 0.0804. The second-order valence-corrected chi connectivity index (χ2v) is 3.49. The highest BCUT2D eigenvalue weighted by molar-refractivity contribution is 5.63. The first-order chi connectivity index (χ1) is 7.15. The first kappa shape index (κ1) is 11.6. The van der Waals surface area contributed by atoms with E-state index in [4.69, 9.17) is 10.5 Å². The van der Waals surface area contributed by atoms with E-state index in [9.17, 15) is 5.11 Å². The molecule has 0 atom stereocenters. The Hall–Kier alpha value is -1.48. The fraction of sp³-hybridized carbons (Fsp3) is 0.333. The summed E-state index contributed by atoms with van der Waals surface area (Å²) in [6.45, 7) is 4.33. The van der Waals surface area contributed by atoms with E-state index in [1.807, 2.05) is 19.9 Å². The highest BCUT2D eigenvalue weighted by Gasteiger charge is 2.06. The molecule has 0 spiro atoms. The van der Waals surface area contributed by atoms with Gasteiger partial charge in [0, 0.05) is 6.54 Å². The van der Waals surface area contributed by atoms with Crippen LogP contribution in [0.2, 0.25) is 0 Å². The van der Waals surface area contributed by atoms with Gasteiger partial charge in [0.15, 0.2) is 0 Å². The average molecular weight is 207 g/mol. The molecule has 1 aromatic rings. The smallest absolute Gasteiger partial charge is 0.130 e. The molecular weight excluding hydrogens is 190 g/mol. The van der Waals surface area contributed by atoms with E-state index in [0.717, 1.165) is 0 Å². The minimum Gasteiger partial charge on any atom is -0.507 e. The monoisotopic (exact) mass is 207 g/mol. The number of nitrogens with two attached hydrogens (primary N) is 1. The second-order valence-electron chi connectivity index (χ2n) is 3.49. The third-order valence-electron chi connectivity index (χ3n) is 1.83. The fourth-order valence-corrected chi connectivity index (χ4v) is 1.24. The molecule has 0 saturated heterocycles. The van der Waals surface area contributed by atoms with Crippen LogP contribution in [0.5, 0.6) is 11.5 Å². The van der Waals surface area contributed by atoms with Crippen molar-refractivity contribution in [1.29, 1.82) is 0 Å². The molecule has 0 aliphatic carbocycles. The van der Waals surface area contributed by atoms with Crippen LogP contribution in [0.1, 0.15) is 19.4 Å². The Bertz CT molecular complexity index is 345. The number of phenolic OH excluding ortho intramolecular Hbond substituents is 1. The van der Waals surface area contributed by atoms with Crippen LogP contribution in [0.25, 0.3) is 6.08 Å². The van der Waals surface area contributed by atoms with Crippen molar-refractivity contribution in [1.82, 2.24) is 0 Å². The van der Waals surface area contributed by atoms with Crippen molar-refractivity contribution >= 4 is 6.08 Å². The van der Waals surface area contributed by atoms with Gasteiger partial charge in [-0.1, -0.05) is 18.2 Å². The fourth-order valence-electron chi connectivity index (χ4n) is 1.24. The number of hydrogen-bond acceptors (Lipinski definition) is 3. The van der Waals surface area contributed by atoms with Gasteiger partial charge in [0.25, 0.3) is 0 Å². The summed E-state index contributed by atoms with van der Waals surface area (Å²) >= 11 is 0. The van der Waals surface area contributed by atoms with Gasteiger partial charge in [-0.15, -0.1) is 0 Å². The number of aromatic hydroxyl groups is 1. The molecule has 15 heavy (non-hydrogen) atoms. The van der Waals surface area contributed by atoms with Crippen molar-refractivity contribution in [3.63, 3.8) is 0 Å². The predicted octanol–water partition coefficient (Wildman–Crippen LogP) is 2.15. The van der Waals surface area contributed by atoms with Crippen LogP contribution >= 0.6 is 0 Å². The van der Waals surface area contributed by atoms with Crippen LogP contribution in [0.15, 0.2) is 24.3 Å². The Kier molecular flexibility index (Phi) is 4.18. The van der Waals surface area contributed by atoms with Crippen molar-refractivity contribution in [2.75, 3.05) is 6.54 Å². The number of ether oxygens (including phenoxy) is 1. The standard InChI is InChI=1S/C12H17NO2/c1-9(2)15-12-7-3-6-11(14)10(12)5-4-8-13/h3-7,9,14H,8,13H2,1-2H3/b5-4+. The molecule has 3 nitrogen and oxygen atoms in total. The molecule has 0 fully saturated rings. The quantitative estimate of drug-likeness (QED) is 0.795. The summed E-state index contributed by atoms with van der Waals surface area (Å²) in [4.78, 5) is 0. The van der Waals surface area contributed by atoms with Crippen molar-refractivity contribution in [3.05, 3.63) is 29.8 Å². The maximum Gasteiger partial charge on any atom is 0.130 e. The van der Waals surface area contributed by atoms with Gasteiger partial charge in [0.05, 0.1) is 11.7 Å². The van der Waals surface area contributed by atoms with E-state index < -0.39 is 0 Å². The lowest BCUT2D eigenvalue weighted by atomic mass is 10.1. The summed E-state index contributed by atoms with van der Waals surface area (Å²) in [5.41, 5.74) is 6.05. The van der Waals surface area contributed by atoms with Crippen LogP contribution < -0.4 is 10.5 Å². The van der Waals surface area contributed by atoms with E-state index in [1.165, 1.54) is 0 Å². The molecule has 0 bridgehead atoms. The summed E-state index contributed by atoms with van der Waals surface area (Å²) in [5.74, 6) is 0.882. The topological polar surface area (TPSA) is 55.5 Å². The third-order valence-corrected chi connectivity index (χ3v) is 1.83. The molecule has 0 saturated carbocycles. The van der Waals surface area contributed by atoms with Crippen LogP contribution in [0, 0.1) is 0 Å². The van der Waals surface area contributed by atoms with Gasteiger partial charge in [-0.05, 0) is 26.0 Å². The van der Waals surface area contributed by atoms with Crippen LogP contribution in [0.3, 0.4) is 0 Å². The largest absolute Gasteiger partial charge is 0.507 e. The summed E-state index contributed by atoms with van der Waals surface area (Å²) in [6.07, 6.45) is 3.63. The Morgan fingerprint density at radius 1 is 1.47 bits per heavy atom. The molecule has 0 unspecified atom stereocenters. The highest BCUT2D eigenvalue weighted by Crippen LogP contribution is 2.29. The molecule has 0 amide bonds. The highest BCUT2D eigenvalue weighted by atomic mass is 16.5. The number of rotatable bonds is 4. The lowest BCUT2D eigenvalue weighted by Gasteiger charge is -2.13. The summed E-state index contributed by atoms with van der Waals surface area (Å²) in [6, 6.07) is 5.21. The van der Waals surface area contributed by atoms with Crippen LogP contribution in [-0.4, -0.2) is 17.8 Å². The number of benzene rings is 1. The third kappa shape index (κ3) is 3.29. The molecule has 1 aromatic carbocycles. The lowest BCUT2D eigenvalue weighted by molar-refractivity contribution is 0.241. The minimum atomic E-state index is 0.0804. The van der Waals surface area contributed by atoms with Gasteiger partial charge in [-0.2, -0.15) is 0 Å². The zero-order valence-corrected chi connectivity index (χ0v) is 9.10. The van der Waals surface area contributed by atoms with Gasteiger partial charge in [0.1, 0.15) is 11.5 Å². The van der Waals surface area contributed by atoms with Crippen molar-refractivity contribution in [3.8, 4) is 11.5 Å². The molecule has 0 heterocycles. The zero-order chi connectivity index (χ0) is 11.3. The van der Waals surface area contributed by atoms with Crippen molar-refractivity contribution < 1.29 is 9.84 Å². The normalized spacial score (nSPS) is 11.2. The zero-order valence-electron chi connectivity index (χ0n) is 9.10. The van der Waals surface area contributed by atoms with Crippen molar-refractivity contribution in [2.24, 2.45) is 5.73 Å². The first-order valence-corrected chi connectivity index (χ1v) is 5.00. The average Bonchev–Trinajstić information content (AvgIpc) is 2.16. The Morgan fingerprint density at radius 3 is 2.80 bits per heavy atom. The van der Waals surface area contributed by atoms with E-state index in [2.05, 4.69) is 0 Å². The van der Waals surface area contributed by atoms with Gasteiger partial charge in [0.2, 0.25) is 0 Å². The molecule has 3 N–H and O–H groups in total.